The SMILES string of the molecule is CCOC(=O)Nc1ccc(-c2cc(NC(=O)c3ccc(OC)cc3)n(C)n2)cc1. The summed E-state index contributed by atoms with van der Waals surface area (Å²) >= 11 is 0. The normalized spacial score (nSPS) is 10.3. The van der Waals surface area contributed by atoms with Crippen LogP contribution in [-0.4, -0.2) is 35.5 Å². The number of aromatic nitrogens is 2. The fourth-order valence-corrected chi connectivity index (χ4v) is 2.67. The number of nitrogens with one attached hydrogen (secondary N) is 2. The van der Waals surface area contributed by atoms with Gasteiger partial charge in [-0.3, -0.25) is 14.8 Å². The number of benzene rings is 2. The molecule has 1 heterocycles. The highest BCUT2D eigenvalue weighted by molar-refractivity contribution is 6.04. The van der Waals surface area contributed by atoms with Gasteiger partial charge in [-0.25, -0.2) is 4.79 Å². The number of aryl methyl sites for hydroxylation is 1. The minimum Gasteiger partial charge on any atom is -0.497 e. The minimum atomic E-state index is -0.499. The number of hydrogen-bond acceptors (Lipinski definition) is 5. The Labute approximate surface area is 168 Å². The minimum absolute atomic E-state index is 0.240. The second kappa shape index (κ2) is 8.92. The largest absolute Gasteiger partial charge is 0.497 e. The predicted octanol–water partition coefficient (Wildman–Crippen LogP) is 3.92. The lowest BCUT2D eigenvalue weighted by molar-refractivity contribution is 0.102. The molecule has 0 aliphatic heterocycles. The van der Waals surface area contributed by atoms with Crippen molar-refractivity contribution in [1.82, 2.24) is 9.78 Å². The number of methoxy groups -OCH3 is 1. The molecule has 29 heavy (non-hydrogen) atoms. The van der Waals surface area contributed by atoms with Gasteiger partial charge in [0.15, 0.2) is 0 Å². The van der Waals surface area contributed by atoms with E-state index in [-0.39, 0.29) is 5.91 Å². The van der Waals surface area contributed by atoms with E-state index in [0.717, 1.165) is 5.56 Å². The van der Waals surface area contributed by atoms with E-state index in [1.165, 1.54) is 0 Å². The predicted molar refractivity (Wildman–Crippen MR) is 110 cm³/mol. The summed E-state index contributed by atoms with van der Waals surface area (Å²) in [6, 6.07) is 15.8. The molecule has 0 atom stereocenters. The molecule has 0 aliphatic rings. The van der Waals surface area contributed by atoms with Crippen LogP contribution in [0, 0.1) is 0 Å². The highest BCUT2D eigenvalue weighted by Crippen LogP contribution is 2.23. The van der Waals surface area contributed by atoms with Crippen molar-refractivity contribution >= 4 is 23.5 Å². The topological polar surface area (TPSA) is 94.5 Å². The number of amides is 2. The number of carbonyl (C=O) groups is 2. The molecule has 0 fully saturated rings. The van der Waals surface area contributed by atoms with Crippen LogP contribution in [0.1, 0.15) is 17.3 Å². The maximum Gasteiger partial charge on any atom is 0.411 e. The van der Waals surface area contributed by atoms with Gasteiger partial charge < -0.3 is 14.8 Å². The van der Waals surface area contributed by atoms with Crippen molar-refractivity contribution in [2.45, 2.75) is 6.92 Å². The van der Waals surface area contributed by atoms with E-state index in [4.69, 9.17) is 9.47 Å². The first-order valence-corrected chi connectivity index (χ1v) is 9.04. The highest BCUT2D eigenvalue weighted by atomic mass is 16.5. The summed E-state index contributed by atoms with van der Waals surface area (Å²) in [5.74, 6) is 1.01. The average molecular weight is 394 g/mol. The molecule has 0 saturated heterocycles. The average Bonchev–Trinajstić information content (AvgIpc) is 3.09. The van der Waals surface area contributed by atoms with Crippen molar-refractivity contribution in [3.63, 3.8) is 0 Å². The molecule has 2 aromatic carbocycles. The maximum atomic E-state index is 12.5. The van der Waals surface area contributed by atoms with E-state index in [2.05, 4.69) is 15.7 Å². The molecule has 0 aliphatic carbocycles. The fourth-order valence-electron chi connectivity index (χ4n) is 2.67. The quantitative estimate of drug-likeness (QED) is 0.661. The maximum absolute atomic E-state index is 12.5. The van der Waals surface area contributed by atoms with Gasteiger partial charge in [-0.05, 0) is 43.3 Å². The Kier molecular flexibility index (Phi) is 6.13. The van der Waals surface area contributed by atoms with E-state index in [1.807, 2.05) is 12.1 Å². The molecule has 150 valence electrons. The van der Waals surface area contributed by atoms with Gasteiger partial charge in [0.2, 0.25) is 0 Å². The van der Waals surface area contributed by atoms with Crippen LogP contribution in [0.4, 0.5) is 16.3 Å². The molecular formula is C21H22N4O4. The Hall–Kier alpha value is -3.81. The number of carbonyl (C=O) groups excluding carboxylic acids is 2. The summed E-state index contributed by atoms with van der Waals surface area (Å²) in [5, 5.41) is 9.94. The van der Waals surface area contributed by atoms with E-state index < -0.39 is 6.09 Å². The molecule has 0 saturated carbocycles. The molecule has 0 radical (unpaired) electrons. The zero-order chi connectivity index (χ0) is 20.8. The van der Waals surface area contributed by atoms with Crippen LogP contribution in [0.3, 0.4) is 0 Å². The van der Waals surface area contributed by atoms with Gasteiger partial charge in [0.05, 0.1) is 19.4 Å². The highest BCUT2D eigenvalue weighted by Gasteiger charge is 2.12. The van der Waals surface area contributed by atoms with Crippen molar-refractivity contribution in [1.29, 1.82) is 0 Å². The Morgan fingerprint density at radius 2 is 1.72 bits per heavy atom. The molecule has 2 N–H and O–H groups in total. The molecule has 8 heteroatoms. The summed E-state index contributed by atoms with van der Waals surface area (Å²) in [5.41, 5.74) is 2.68. The molecule has 0 bridgehead atoms. The van der Waals surface area contributed by atoms with Gasteiger partial charge in [-0.2, -0.15) is 5.10 Å². The van der Waals surface area contributed by atoms with Crippen molar-refractivity contribution in [2.75, 3.05) is 24.4 Å². The zero-order valence-corrected chi connectivity index (χ0v) is 16.4. The van der Waals surface area contributed by atoms with Crippen molar-refractivity contribution in [3.8, 4) is 17.0 Å². The van der Waals surface area contributed by atoms with E-state index in [0.29, 0.717) is 35.1 Å². The Morgan fingerprint density at radius 1 is 1.03 bits per heavy atom. The van der Waals surface area contributed by atoms with Crippen molar-refractivity contribution < 1.29 is 19.1 Å². The third kappa shape index (κ3) is 4.92. The molecule has 0 spiro atoms. The Morgan fingerprint density at radius 3 is 2.34 bits per heavy atom. The van der Waals surface area contributed by atoms with E-state index >= 15 is 0 Å². The van der Waals surface area contributed by atoms with Crippen LogP contribution in [-0.2, 0) is 11.8 Å². The zero-order valence-electron chi connectivity index (χ0n) is 16.4. The Bertz CT molecular complexity index is 995. The number of rotatable bonds is 6. The van der Waals surface area contributed by atoms with Crippen LogP contribution >= 0.6 is 0 Å². The summed E-state index contributed by atoms with van der Waals surface area (Å²) in [4.78, 5) is 23.9. The molecule has 1 aromatic heterocycles. The molecule has 3 rings (SSSR count). The van der Waals surface area contributed by atoms with Crippen LogP contribution in [0.2, 0.25) is 0 Å². The second-order valence-electron chi connectivity index (χ2n) is 6.14. The third-order valence-electron chi connectivity index (χ3n) is 4.18. The van der Waals surface area contributed by atoms with Gasteiger partial charge in [-0.1, -0.05) is 12.1 Å². The molecule has 0 unspecified atom stereocenters. The van der Waals surface area contributed by atoms with Crippen molar-refractivity contribution in [2.24, 2.45) is 7.05 Å². The van der Waals surface area contributed by atoms with Gasteiger partial charge in [-0.15, -0.1) is 0 Å². The summed E-state index contributed by atoms with van der Waals surface area (Å²) in [6.45, 7) is 2.05. The number of nitrogens with zero attached hydrogens (tertiary/aromatic N) is 2. The van der Waals surface area contributed by atoms with Crippen molar-refractivity contribution in [3.05, 3.63) is 60.2 Å². The van der Waals surface area contributed by atoms with Gasteiger partial charge in [0.1, 0.15) is 11.6 Å². The van der Waals surface area contributed by atoms with Crippen LogP contribution in [0.15, 0.2) is 54.6 Å². The van der Waals surface area contributed by atoms with Gasteiger partial charge in [0.25, 0.3) is 5.91 Å². The number of ether oxygens (including phenoxy) is 2. The van der Waals surface area contributed by atoms with Gasteiger partial charge >= 0.3 is 6.09 Å². The molecule has 3 aromatic rings. The van der Waals surface area contributed by atoms with Gasteiger partial charge in [0, 0.05) is 29.9 Å². The van der Waals surface area contributed by atoms with Crippen LogP contribution in [0.5, 0.6) is 5.75 Å². The summed E-state index contributed by atoms with van der Waals surface area (Å²) < 4.78 is 11.6. The monoisotopic (exact) mass is 394 g/mol. The molecular weight excluding hydrogens is 372 g/mol. The van der Waals surface area contributed by atoms with Crippen LogP contribution in [0.25, 0.3) is 11.3 Å². The summed E-state index contributed by atoms with van der Waals surface area (Å²) in [7, 11) is 3.33. The number of hydrogen-bond donors (Lipinski definition) is 2. The smallest absolute Gasteiger partial charge is 0.411 e. The lowest BCUT2D eigenvalue weighted by Crippen LogP contribution is -2.14. The van der Waals surface area contributed by atoms with E-state index in [9.17, 15) is 9.59 Å². The molecule has 2 amide bonds. The first-order chi connectivity index (χ1) is 14.0. The number of anilines is 2. The molecule has 8 nitrogen and oxygen atoms in total. The standard InChI is InChI=1S/C21H22N4O4/c1-4-29-21(27)22-16-9-5-14(6-10-16)18-13-19(25(2)24-18)23-20(26)15-7-11-17(28-3)12-8-15/h5-13H,4H2,1-3H3,(H,22,27)(H,23,26). The fraction of sp³-hybridized carbons (Fsp3) is 0.190. The van der Waals surface area contributed by atoms with Crippen LogP contribution < -0.4 is 15.4 Å². The lowest BCUT2D eigenvalue weighted by atomic mass is 10.1. The van der Waals surface area contributed by atoms with E-state index in [1.54, 1.807) is 68.2 Å². The first-order valence-electron chi connectivity index (χ1n) is 9.04. The summed E-state index contributed by atoms with van der Waals surface area (Å²) in [6.07, 6.45) is -0.499. The Balaban J connectivity index is 1.70. The third-order valence-corrected chi connectivity index (χ3v) is 4.18. The lowest BCUT2D eigenvalue weighted by Gasteiger charge is -2.05. The second-order valence-corrected chi connectivity index (χ2v) is 6.14. The first kappa shape index (κ1) is 19.9.